The number of hydrogen-bond acceptors (Lipinski definition) is 5. The monoisotopic (exact) mass is 243 g/mol. The van der Waals surface area contributed by atoms with E-state index in [1.807, 2.05) is 0 Å². The van der Waals surface area contributed by atoms with Crippen LogP contribution >= 0.6 is 0 Å². The summed E-state index contributed by atoms with van der Waals surface area (Å²) < 4.78 is 17.8. The number of esters is 1. The normalized spacial score (nSPS) is 14.1. The van der Waals surface area contributed by atoms with Gasteiger partial charge in [0.1, 0.15) is 6.10 Å². The van der Waals surface area contributed by atoms with Crippen LogP contribution in [0.15, 0.2) is 18.3 Å². The second-order valence-corrected chi connectivity index (χ2v) is 3.40. The molecule has 1 aromatic rings. The van der Waals surface area contributed by atoms with E-state index in [4.69, 9.17) is 0 Å². The lowest BCUT2D eigenvalue weighted by atomic mass is 10.0. The van der Waals surface area contributed by atoms with Crippen molar-refractivity contribution < 1.29 is 24.1 Å². The van der Waals surface area contributed by atoms with Crippen molar-refractivity contribution >= 4 is 5.97 Å². The number of pyridine rings is 1. The summed E-state index contributed by atoms with van der Waals surface area (Å²) in [7, 11) is 0. The number of hydrogen-bond donors (Lipinski definition) is 2. The first kappa shape index (κ1) is 13.5. The maximum atomic E-state index is 13.2. The van der Waals surface area contributed by atoms with Crippen molar-refractivity contribution in [2.75, 3.05) is 6.61 Å². The average Bonchev–Trinajstić information content (AvgIpc) is 2.29. The van der Waals surface area contributed by atoms with E-state index >= 15 is 0 Å². The molecule has 0 bridgehead atoms. The lowest BCUT2D eigenvalue weighted by molar-refractivity contribution is -0.147. The van der Waals surface area contributed by atoms with E-state index in [0.717, 1.165) is 0 Å². The van der Waals surface area contributed by atoms with E-state index in [1.165, 1.54) is 18.3 Å². The van der Waals surface area contributed by atoms with Gasteiger partial charge >= 0.3 is 5.97 Å². The molecule has 1 aromatic heterocycles. The molecule has 1 rings (SSSR count). The highest BCUT2D eigenvalue weighted by Gasteiger charge is 2.24. The quantitative estimate of drug-likeness (QED) is 0.583. The Bertz CT molecular complexity index is 385. The Hall–Kier alpha value is -1.53. The van der Waals surface area contributed by atoms with Crippen LogP contribution in [-0.4, -0.2) is 33.9 Å². The predicted molar refractivity (Wildman–Crippen MR) is 56.4 cm³/mol. The molecule has 1 heterocycles. The SMILES string of the molecule is CCOC(=O)CC(O)C(O)c1cccnc1F. The van der Waals surface area contributed by atoms with Gasteiger partial charge in [-0.1, -0.05) is 6.07 Å². The number of nitrogens with zero attached hydrogens (tertiary/aromatic N) is 1. The van der Waals surface area contributed by atoms with Crippen molar-refractivity contribution in [3.8, 4) is 0 Å². The Morgan fingerprint density at radius 2 is 2.29 bits per heavy atom. The summed E-state index contributed by atoms with van der Waals surface area (Å²) in [6, 6.07) is 2.72. The van der Waals surface area contributed by atoms with Gasteiger partial charge in [-0.15, -0.1) is 0 Å². The highest BCUT2D eigenvalue weighted by Crippen LogP contribution is 2.20. The fraction of sp³-hybridized carbons (Fsp3) is 0.455. The Morgan fingerprint density at radius 3 is 2.88 bits per heavy atom. The van der Waals surface area contributed by atoms with Crippen molar-refractivity contribution in [1.29, 1.82) is 0 Å². The van der Waals surface area contributed by atoms with Crippen molar-refractivity contribution in [1.82, 2.24) is 4.98 Å². The third-order valence-electron chi connectivity index (χ3n) is 2.15. The van der Waals surface area contributed by atoms with Crippen LogP contribution in [0, 0.1) is 5.95 Å². The maximum Gasteiger partial charge on any atom is 0.308 e. The first-order valence-corrected chi connectivity index (χ1v) is 5.18. The number of carbonyl (C=O) groups excluding carboxylic acids is 1. The van der Waals surface area contributed by atoms with Gasteiger partial charge in [-0.2, -0.15) is 4.39 Å². The molecule has 0 spiro atoms. The van der Waals surface area contributed by atoms with E-state index in [2.05, 4.69) is 9.72 Å². The highest BCUT2D eigenvalue weighted by molar-refractivity contribution is 5.70. The van der Waals surface area contributed by atoms with Gasteiger partial charge in [-0.05, 0) is 13.0 Å². The van der Waals surface area contributed by atoms with Crippen LogP contribution in [0.4, 0.5) is 4.39 Å². The van der Waals surface area contributed by atoms with Crippen molar-refractivity contribution in [3.63, 3.8) is 0 Å². The topological polar surface area (TPSA) is 79.7 Å². The molecule has 0 saturated heterocycles. The molecule has 2 unspecified atom stereocenters. The number of halogens is 1. The lowest BCUT2D eigenvalue weighted by Crippen LogP contribution is -2.24. The molecule has 0 fully saturated rings. The summed E-state index contributed by atoms with van der Waals surface area (Å²) in [4.78, 5) is 14.4. The second-order valence-electron chi connectivity index (χ2n) is 3.40. The summed E-state index contributed by atoms with van der Waals surface area (Å²) in [6.07, 6.45) is -2.10. The molecule has 0 aliphatic rings. The largest absolute Gasteiger partial charge is 0.466 e. The van der Waals surface area contributed by atoms with E-state index < -0.39 is 30.5 Å². The van der Waals surface area contributed by atoms with Gasteiger partial charge in [-0.3, -0.25) is 4.79 Å². The van der Waals surface area contributed by atoms with Crippen LogP contribution in [0.5, 0.6) is 0 Å². The molecule has 94 valence electrons. The van der Waals surface area contributed by atoms with Gasteiger partial charge < -0.3 is 14.9 Å². The molecule has 2 atom stereocenters. The Morgan fingerprint density at radius 1 is 1.59 bits per heavy atom. The minimum Gasteiger partial charge on any atom is -0.466 e. The zero-order valence-corrected chi connectivity index (χ0v) is 9.34. The molecule has 0 aliphatic heterocycles. The highest BCUT2D eigenvalue weighted by atomic mass is 19.1. The molecular weight excluding hydrogens is 229 g/mol. The predicted octanol–water partition coefficient (Wildman–Crippen LogP) is 0.568. The number of ether oxygens (including phenoxy) is 1. The van der Waals surface area contributed by atoms with Crippen molar-refractivity contribution in [2.24, 2.45) is 0 Å². The van der Waals surface area contributed by atoms with Crippen LogP contribution in [0.25, 0.3) is 0 Å². The third kappa shape index (κ3) is 3.76. The smallest absolute Gasteiger partial charge is 0.308 e. The van der Waals surface area contributed by atoms with E-state index in [-0.39, 0.29) is 12.2 Å². The maximum absolute atomic E-state index is 13.2. The van der Waals surface area contributed by atoms with Gasteiger partial charge in [0.2, 0.25) is 5.95 Å². The molecule has 6 heteroatoms. The van der Waals surface area contributed by atoms with E-state index in [0.29, 0.717) is 0 Å². The lowest BCUT2D eigenvalue weighted by Gasteiger charge is -2.17. The minimum absolute atomic E-state index is 0.149. The number of carbonyl (C=O) groups is 1. The molecular formula is C11H14FNO4. The van der Waals surface area contributed by atoms with Gasteiger partial charge in [0.15, 0.2) is 0 Å². The Kier molecular flexibility index (Phi) is 4.99. The summed E-state index contributed by atoms with van der Waals surface area (Å²) in [5, 5.41) is 19.2. The number of aliphatic hydroxyl groups excluding tert-OH is 2. The van der Waals surface area contributed by atoms with E-state index in [1.54, 1.807) is 6.92 Å². The zero-order chi connectivity index (χ0) is 12.8. The second kappa shape index (κ2) is 6.27. The number of rotatable bonds is 5. The number of aliphatic hydroxyl groups is 2. The van der Waals surface area contributed by atoms with Crippen LogP contribution in [0.3, 0.4) is 0 Å². The van der Waals surface area contributed by atoms with Gasteiger partial charge in [-0.25, -0.2) is 4.98 Å². The fourth-order valence-corrected chi connectivity index (χ4v) is 1.33. The summed E-state index contributed by atoms with van der Waals surface area (Å²) in [6.45, 7) is 1.81. The first-order chi connectivity index (χ1) is 8.06. The summed E-state index contributed by atoms with van der Waals surface area (Å²) >= 11 is 0. The van der Waals surface area contributed by atoms with Crippen molar-refractivity contribution in [3.05, 3.63) is 29.8 Å². The molecule has 0 amide bonds. The van der Waals surface area contributed by atoms with Gasteiger partial charge in [0.05, 0.1) is 19.1 Å². The average molecular weight is 243 g/mol. The zero-order valence-electron chi connectivity index (χ0n) is 9.34. The molecule has 5 nitrogen and oxygen atoms in total. The van der Waals surface area contributed by atoms with Crippen LogP contribution in [-0.2, 0) is 9.53 Å². The summed E-state index contributed by atoms with van der Waals surface area (Å²) in [5.74, 6) is -1.52. The van der Waals surface area contributed by atoms with Crippen LogP contribution in [0.2, 0.25) is 0 Å². The first-order valence-electron chi connectivity index (χ1n) is 5.18. The molecule has 0 aromatic carbocycles. The number of aromatic nitrogens is 1. The van der Waals surface area contributed by atoms with Crippen molar-refractivity contribution in [2.45, 2.75) is 25.6 Å². The standard InChI is InChI=1S/C11H14FNO4/c1-2-17-9(15)6-8(14)10(16)7-4-3-5-13-11(7)12/h3-5,8,10,14,16H,2,6H2,1H3. The molecule has 2 N–H and O–H groups in total. The minimum atomic E-state index is -1.51. The summed E-state index contributed by atoms with van der Waals surface area (Å²) in [5.41, 5.74) is -0.149. The fourth-order valence-electron chi connectivity index (χ4n) is 1.33. The third-order valence-corrected chi connectivity index (χ3v) is 2.15. The van der Waals surface area contributed by atoms with Gasteiger partial charge in [0, 0.05) is 11.8 Å². The van der Waals surface area contributed by atoms with Crippen LogP contribution < -0.4 is 0 Å². The molecule has 0 saturated carbocycles. The van der Waals surface area contributed by atoms with E-state index in [9.17, 15) is 19.4 Å². The van der Waals surface area contributed by atoms with Gasteiger partial charge in [0.25, 0.3) is 0 Å². The Balaban J connectivity index is 2.67. The molecule has 0 aliphatic carbocycles. The van der Waals surface area contributed by atoms with Crippen LogP contribution in [0.1, 0.15) is 25.0 Å². The Labute approximate surface area is 97.9 Å². The molecule has 17 heavy (non-hydrogen) atoms. The molecule has 0 radical (unpaired) electrons.